The van der Waals surface area contributed by atoms with Crippen LogP contribution in [0.3, 0.4) is 0 Å². The lowest BCUT2D eigenvalue weighted by atomic mass is 9.98. The molecule has 0 aromatic heterocycles. The maximum Gasteiger partial charge on any atom is 0.251 e. The van der Waals surface area contributed by atoms with Crippen molar-refractivity contribution in [1.29, 1.82) is 0 Å². The number of hydrogen-bond acceptors (Lipinski definition) is 3. The third kappa shape index (κ3) is 3.86. The number of likely N-dealkylation sites (N-methyl/N-ethyl adjacent to an activating group) is 1. The molecule has 0 fully saturated rings. The van der Waals surface area contributed by atoms with E-state index in [0.29, 0.717) is 6.42 Å². The first kappa shape index (κ1) is 19.9. The third-order valence-corrected chi connectivity index (χ3v) is 5.67. The summed E-state index contributed by atoms with van der Waals surface area (Å²) in [5.74, 6) is 0.187. The standard InChI is InChI=1S/C26H26N2O2/c1-4-18-6-8-19(9-7-18)16-23-26(30)28(3)24-14-5-17(2)15-22(24)25(27-23)20-10-12-21(29)13-11-20/h5-15,23,29H,4,16H2,1-3H3. The fourth-order valence-corrected chi connectivity index (χ4v) is 3.87. The van der Waals surface area contributed by atoms with E-state index in [-0.39, 0.29) is 11.7 Å². The van der Waals surface area contributed by atoms with Crippen molar-refractivity contribution in [3.05, 3.63) is 94.5 Å². The smallest absolute Gasteiger partial charge is 0.251 e. The number of benzodiazepines with no additional fused rings is 1. The molecule has 4 heteroatoms. The van der Waals surface area contributed by atoms with E-state index in [1.165, 1.54) is 5.56 Å². The molecule has 30 heavy (non-hydrogen) atoms. The second kappa shape index (κ2) is 8.15. The van der Waals surface area contributed by atoms with Gasteiger partial charge < -0.3 is 10.0 Å². The Kier molecular flexibility index (Phi) is 5.40. The zero-order chi connectivity index (χ0) is 21.3. The van der Waals surface area contributed by atoms with Crippen LogP contribution in [0.4, 0.5) is 5.69 Å². The van der Waals surface area contributed by atoms with Gasteiger partial charge in [0.2, 0.25) is 0 Å². The van der Waals surface area contributed by atoms with E-state index in [1.54, 1.807) is 17.0 Å². The van der Waals surface area contributed by atoms with Crippen molar-refractivity contribution in [3.8, 4) is 5.75 Å². The fourth-order valence-electron chi connectivity index (χ4n) is 3.87. The minimum Gasteiger partial charge on any atom is -0.508 e. The number of amides is 1. The van der Waals surface area contributed by atoms with Crippen molar-refractivity contribution in [1.82, 2.24) is 0 Å². The molecule has 1 amide bonds. The van der Waals surface area contributed by atoms with Gasteiger partial charge in [0.1, 0.15) is 11.8 Å². The Bertz CT molecular complexity index is 1100. The number of phenols is 1. The number of benzene rings is 3. The molecule has 1 unspecified atom stereocenters. The average Bonchev–Trinajstić information content (AvgIpc) is 2.85. The van der Waals surface area contributed by atoms with E-state index in [2.05, 4.69) is 37.3 Å². The number of aryl methyl sites for hydroxylation is 2. The van der Waals surface area contributed by atoms with Crippen LogP contribution in [0.5, 0.6) is 5.75 Å². The normalized spacial score (nSPS) is 16.1. The van der Waals surface area contributed by atoms with Gasteiger partial charge in [0.05, 0.1) is 11.4 Å². The summed E-state index contributed by atoms with van der Waals surface area (Å²) < 4.78 is 0. The van der Waals surface area contributed by atoms with Gasteiger partial charge in [-0.1, -0.05) is 42.8 Å². The molecule has 0 saturated carbocycles. The number of carbonyl (C=O) groups excluding carboxylic acids is 1. The number of hydrogen-bond donors (Lipinski definition) is 1. The quantitative estimate of drug-likeness (QED) is 0.693. The molecule has 1 atom stereocenters. The van der Waals surface area contributed by atoms with E-state index in [4.69, 9.17) is 4.99 Å². The highest BCUT2D eigenvalue weighted by Gasteiger charge is 2.30. The summed E-state index contributed by atoms with van der Waals surface area (Å²) in [6, 6.07) is 21.0. The van der Waals surface area contributed by atoms with E-state index in [9.17, 15) is 9.90 Å². The van der Waals surface area contributed by atoms with Crippen LogP contribution in [-0.4, -0.2) is 29.8 Å². The molecule has 1 N–H and O–H groups in total. The lowest BCUT2D eigenvalue weighted by molar-refractivity contribution is -0.119. The Hall–Kier alpha value is -3.40. The highest BCUT2D eigenvalue weighted by Crippen LogP contribution is 2.30. The summed E-state index contributed by atoms with van der Waals surface area (Å²) in [5, 5.41) is 9.72. The van der Waals surface area contributed by atoms with Crippen molar-refractivity contribution in [2.75, 3.05) is 11.9 Å². The molecule has 0 saturated heterocycles. The van der Waals surface area contributed by atoms with Crippen molar-refractivity contribution < 1.29 is 9.90 Å². The van der Waals surface area contributed by atoms with Crippen LogP contribution in [0.15, 0.2) is 71.7 Å². The topological polar surface area (TPSA) is 52.9 Å². The summed E-state index contributed by atoms with van der Waals surface area (Å²) >= 11 is 0. The summed E-state index contributed by atoms with van der Waals surface area (Å²) in [7, 11) is 1.82. The number of rotatable bonds is 4. The number of carbonyl (C=O) groups is 1. The van der Waals surface area contributed by atoms with Crippen LogP contribution in [-0.2, 0) is 17.6 Å². The maximum atomic E-state index is 13.3. The fraction of sp³-hybridized carbons (Fsp3) is 0.231. The molecule has 0 bridgehead atoms. The number of aromatic hydroxyl groups is 1. The minimum absolute atomic E-state index is 0.0200. The molecular weight excluding hydrogens is 372 g/mol. The van der Waals surface area contributed by atoms with E-state index < -0.39 is 6.04 Å². The molecule has 4 rings (SSSR count). The average molecular weight is 399 g/mol. The zero-order valence-corrected chi connectivity index (χ0v) is 17.6. The number of fused-ring (bicyclic) bond motifs is 1. The lowest BCUT2D eigenvalue weighted by Crippen LogP contribution is -2.36. The summed E-state index contributed by atoms with van der Waals surface area (Å²) in [6.45, 7) is 4.17. The number of nitrogens with zero attached hydrogens (tertiary/aromatic N) is 2. The predicted octanol–water partition coefficient (Wildman–Crippen LogP) is 4.69. The molecule has 3 aromatic rings. The van der Waals surface area contributed by atoms with Crippen molar-refractivity contribution in [2.45, 2.75) is 32.7 Å². The summed E-state index contributed by atoms with van der Waals surface area (Å²) in [4.78, 5) is 20.0. The second-order valence-electron chi connectivity index (χ2n) is 7.83. The van der Waals surface area contributed by atoms with Crippen LogP contribution in [0, 0.1) is 6.92 Å². The molecule has 1 aliphatic heterocycles. The SMILES string of the molecule is CCc1ccc(CC2N=C(c3ccc(O)cc3)c3cc(C)ccc3N(C)C2=O)cc1. The van der Waals surface area contributed by atoms with Crippen LogP contribution in [0.25, 0.3) is 0 Å². The summed E-state index contributed by atoms with van der Waals surface area (Å²) in [5.41, 5.74) is 6.92. The Labute approximate surface area is 177 Å². The molecule has 0 radical (unpaired) electrons. The van der Waals surface area contributed by atoms with E-state index in [0.717, 1.165) is 40.1 Å². The van der Waals surface area contributed by atoms with Crippen LogP contribution in [0.1, 0.15) is 34.7 Å². The molecule has 152 valence electrons. The van der Waals surface area contributed by atoms with Gasteiger partial charge in [0.25, 0.3) is 5.91 Å². The molecule has 0 spiro atoms. The van der Waals surface area contributed by atoms with Crippen LogP contribution in [0.2, 0.25) is 0 Å². The lowest BCUT2D eigenvalue weighted by Gasteiger charge is -2.21. The Morgan fingerprint density at radius 3 is 2.30 bits per heavy atom. The van der Waals surface area contributed by atoms with Crippen molar-refractivity contribution in [2.24, 2.45) is 4.99 Å². The molecule has 3 aromatic carbocycles. The van der Waals surface area contributed by atoms with Gasteiger partial charge in [-0.15, -0.1) is 0 Å². The second-order valence-corrected chi connectivity index (χ2v) is 7.83. The number of anilines is 1. The highest BCUT2D eigenvalue weighted by atomic mass is 16.3. The molecule has 1 heterocycles. The van der Waals surface area contributed by atoms with Gasteiger partial charge in [-0.05, 0) is 60.9 Å². The maximum absolute atomic E-state index is 13.3. The van der Waals surface area contributed by atoms with Gasteiger partial charge in [0, 0.05) is 24.6 Å². The number of aliphatic imine (C=N–C) groups is 1. The molecule has 4 nitrogen and oxygen atoms in total. The molecule has 0 aliphatic carbocycles. The largest absolute Gasteiger partial charge is 0.508 e. The Morgan fingerprint density at radius 1 is 0.967 bits per heavy atom. The Balaban J connectivity index is 1.82. The van der Waals surface area contributed by atoms with E-state index >= 15 is 0 Å². The number of phenolic OH excluding ortho intramolecular Hbond substituents is 1. The first-order valence-corrected chi connectivity index (χ1v) is 10.3. The molecular formula is C26H26N2O2. The highest BCUT2D eigenvalue weighted by molar-refractivity contribution is 6.20. The molecule has 1 aliphatic rings. The first-order valence-electron chi connectivity index (χ1n) is 10.3. The van der Waals surface area contributed by atoms with Gasteiger partial charge in [-0.2, -0.15) is 0 Å². The third-order valence-electron chi connectivity index (χ3n) is 5.67. The van der Waals surface area contributed by atoms with Gasteiger partial charge in [0.15, 0.2) is 0 Å². The van der Waals surface area contributed by atoms with E-state index in [1.807, 2.05) is 38.2 Å². The van der Waals surface area contributed by atoms with Crippen LogP contribution >= 0.6 is 0 Å². The van der Waals surface area contributed by atoms with Gasteiger partial charge in [-0.3, -0.25) is 9.79 Å². The van der Waals surface area contributed by atoms with Gasteiger partial charge >= 0.3 is 0 Å². The Morgan fingerprint density at radius 2 is 1.63 bits per heavy atom. The monoisotopic (exact) mass is 398 g/mol. The summed E-state index contributed by atoms with van der Waals surface area (Å²) in [6.07, 6.45) is 1.53. The first-order chi connectivity index (χ1) is 14.5. The van der Waals surface area contributed by atoms with Crippen molar-refractivity contribution >= 4 is 17.3 Å². The van der Waals surface area contributed by atoms with Crippen molar-refractivity contribution in [3.63, 3.8) is 0 Å². The van der Waals surface area contributed by atoms with Gasteiger partial charge in [-0.25, -0.2) is 0 Å². The van der Waals surface area contributed by atoms with Crippen LogP contribution < -0.4 is 4.90 Å². The zero-order valence-electron chi connectivity index (χ0n) is 17.6. The minimum atomic E-state index is -0.515. The predicted molar refractivity (Wildman–Crippen MR) is 122 cm³/mol.